The highest BCUT2D eigenvalue weighted by molar-refractivity contribution is 5.99. The summed E-state index contributed by atoms with van der Waals surface area (Å²) >= 11 is 0. The molecule has 3 nitrogen and oxygen atoms in total. The maximum absolute atomic E-state index is 9.81. The Morgan fingerprint density at radius 1 is 0.400 bits per heavy atom. The van der Waals surface area contributed by atoms with Gasteiger partial charge in [-0.2, -0.15) is 0 Å². The number of rotatable bonds is 0. The zero-order valence-electron chi connectivity index (χ0n) is 19.8. The van der Waals surface area contributed by atoms with E-state index in [2.05, 4.69) is 126 Å². The fourth-order valence-corrected chi connectivity index (χ4v) is 3.97. The van der Waals surface area contributed by atoms with Gasteiger partial charge in [-0.15, -0.1) is 0 Å². The normalized spacial score (nSPS) is 10.2. The Morgan fingerprint density at radius 2 is 0.571 bits per heavy atom. The van der Waals surface area contributed by atoms with E-state index in [1.165, 1.54) is 56.9 Å². The molecular formula is C32H26O3. The maximum Gasteiger partial charge on any atom is 0.310 e. The topological polar surface area (TPSA) is 43.4 Å². The van der Waals surface area contributed by atoms with Gasteiger partial charge < -0.3 is 4.74 Å². The van der Waals surface area contributed by atoms with Crippen LogP contribution in [0.1, 0.15) is 13.8 Å². The van der Waals surface area contributed by atoms with Crippen LogP contribution in [-0.2, 0) is 14.3 Å². The van der Waals surface area contributed by atoms with E-state index in [1.54, 1.807) is 0 Å². The second kappa shape index (κ2) is 11.1. The summed E-state index contributed by atoms with van der Waals surface area (Å²) in [6.45, 7) is 2.36. The Balaban J connectivity index is 0.000000132. The van der Waals surface area contributed by atoms with Gasteiger partial charge in [-0.1, -0.05) is 97.1 Å². The number of hydrogen-bond donors (Lipinski definition) is 0. The summed E-state index contributed by atoms with van der Waals surface area (Å²) in [5, 5.41) is 10.5. The molecule has 172 valence electrons. The van der Waals surface area contributed by atoms with Crippen molar-refractivity contribution >= 4 is 55.0 Å². The quantitative estimate of drug-likeness (QED) is 0.131. The molecule has 0 aromatic heterocycles. The van der Waals surface area contributed by atoms with Gasteiger partial charge in [-0.25, -0.2) is 0 Å². The molecule has 0 saturated carbocycles. The number of ether oxygens (including phenoxy) is 1. The van der Waals surface area contributed by atoms with E-state index in [0.29, 0.717) is 0 Å². The van der Waals surface area contributed by atoms with Crippen molar-refractivity contribution in [2.75, 3.05) is 0 Å². The van der Waals surface area contributed by atoms with Crippen molar-refractivity contribution < 1.29 is 14.3 Å². The first kappa shape index (κ1) is 23.7. The van der Waals surface area contributed by atoms with Crippen LogP contribution < -0.4 is 0 Å². The highest BCUT2D eigenvalue weighted by Gasteiger charge is 1.96. The van der Waals surface area contributed by atoms with Crippen LogP contribution in [0.2, 0.25) is 0 Å². The summed E-state index contributed by atoms with van der Waals surface area (Å²) in [6.07, 6.45) is 0. The molecule has 0 unspecified atom stereocenters. The molecule has 0 aliphatic carbocycles. The van der Waals surface area contributed by atoms with Gasteiger partial charge >= 0.3 is 11.9 Å². The highest BCUT2D eigenvalue weighted by Crippen LogP contribution is 2.23. The van der Waals surface area contributed by atoms with Gasteiger partial charge in [-0.3, -0.25) is 9.59 Å². The minimum atomic E-state index is -0.562. The van der Waals surface area contributed by atoms with Crippen LogP contribution in [0.4, 0.5) is 0 Å². The summed E-state index contributed by atoms with van der Waals surface area (Å²) in [5.74, 6) is -1.12. The van der Waals surface area contributed by atoms with E-state index in [0.717, 1.165) is 0 Å². The van der Waals surface area contributed by atoms with Gasteiger partial charge in [0, 0.05) is 13.8 Å². The molecule has 0 atom stereocenters. The molecule has 6 aromatic carbocycles. The summed E-state index contributed by atoms with van der Waals surface area (Å²) in [5.41, 5.74) is 0. The number of carbonyl (C=O) groups excluding carboxylic acids is 2. The van der Waals surface area contributed by atoms with Gasteiger partial charge in [0.25, 0.3) is 0 Å². The second-order valence-electron chi connectivity index (χ2n) is 8.18. The van der Waals surface area contributed by atoms with Crippen LogP contribution in [0, 0.1) is 0 Å². The lowest BCUT2D eigenvalue weighted by Gasteiger charge is -2.00. The summed E-state index contributed by atoms with van der Waals surface area (Å²) in [6, 6.07) is 42.8. The van der Waals surface area contributed by atoms with Crippen molar-refractivity contribution in [1.29, 1.82) is 0 Å². The Hall–Kier alpha value is -4.50. The van der Waals surface area contributed by atoms with Crippen LogP contribution in [0.5, 0.6) is 0 Å². The zero-order valence-corrected chi connectivity index (χ0v) is 19.8. The molecule has 0 spiro atoms. The smallest absolute Gasteiger partial charge is 0.310 e. The number of hydrogen-bond acceptors (Lipinski definition) is 3. The number of benzene rings is 6. The molecule has 0 radical (unpaired) electrons. The third-order valence-electron chi connectivity index (χ3n) is 5.52. The number of fused-ring (bicyclic) bond motifs is 4. The van der Waals surface area contributed by atoms with Crippen LogP contribution in [0.25, 0.3) is 43.1 Å². The third-order valence-corrected chi connectivity index (χ3v) is 5.52. The molecule has 0 fully saturated rings. The Morgan fingerprint density at radius 3 is 0.686 bits per heavy atom. The van der Waals surface area contributed by atoms with Crippen LogP contribution in [-0.4, -0.2) is 11.9 Å². The van der Waals surface area contributed by atoms with Crippen molar-refractivity contribution in [3.05, 3.63) is 121 Å². The minimum absolute atomic E-state index is 0.562. The Labute approximate surface area is 204 Å². The van der Waals surface area contributed by atoms with Gasteiger partial charge in [0.2, 0.25) is 0 Å². The van der Waals surface area contributed by atoms with Gasteiger partial charge in [0.1, 0.15) is 0 Å². The fourth-order valence-electron chi connectivity index (χ4n) is 3.97. The van der Waals surface area contributed by atoms with Crippen LogP contribution >= 0.6 is 0 Å². The molecule has 0 amide bonds. The molecule has 35 heavy (non-hydrogen) atoms. The molecule has 3 heteroatoms. The van der Waals surface area contributed by atoms with E-state index in [9.17, 15) is 9.59 Å². The average molecular weight is 459 g/mol. The summed E-state index contributed by atoms with van der Waals surface area (Å²) < 4.78 is 3.97. The molecule has 0 heterocycles. The van der Waals surface area contributed by atoms with E-state index in [4.69, 9.17) is 0 Å². The minimum Gasteiger partial charge on any atom is -0.394 e. The number of esters is 2. The predicted octanol–water partition coefficient (Wildman–Crippen LogP) is 8.08. The lowest BCUT2D eigenvalue weighted by Crippen LogP contribution is -2.03. The molecular weight excluding hydrogens is 432 g/mol. The van der Waals surface area contributed by atoms with Crippen molar-refractivity contribution in [2.24, 2.45) is 0 Å². The third kappa shape index (κ3) is 6.30. The SMILES string of the molecule is CC(=O)OC(C)=O.c1ccc2cc3ccccc3cc2c1.c1ccc2cc3ccccc3cc2c1. The lowest BCUT2D eigenvalue weighted by molar-refractivity contribution is -0.156. The maximum atomic E-state index is 9.81. The molecule has 6 rings (SSSR count). The van der Waals surface area contributed by atoms with Crippen LogP contribution in [0.3, 0.4) is 0 Å². The molecule has 0 aliphatic heterocycles. The van der Waals surface area contributed by atoms with E-state index < -0.39 is 11.9 Å². The monoisotopic (exact) mass is 458 g/mol. The zero-order chi connectivity index (χ0) is 24.6. The first-order chi connectivity index (χ1) is 17.0. The molecule has 6 aromatic rings. The first-order valence-electron chi connectivity index (χ1n) is 11.4. The Bertz CT molecular complexity index is 1300. The Kier molecular flexibility index (Phi) is 7.49. The molecule has 0 bridgehead atoms. The van der Waals surface area contributed by atoms with E-state index in [1.807, 2.05) is 0 Å². The van der Waals surface area contributed by atoms with Crippen molar-refractivity contribution in [2.45, 2.75) is 13.8 Å². The predicted molar refractivity (Wildman–Crippen MR) is 145 cm³/mol. The number of carbonyl (C=O) groups is 2. The van der Waals surface area contributed by atoms with Crippen LogP contribution in [0.15, 0.2) is 121 Å². The van der Waals surface area contributed by atoms with Crippen molar-refractivity contribution in [3.63, 3.8) is 0 Å². The first-order valence-corrected chi connectivity index (χ1v) is 11.4. The molecule has 0 N–H and O–H groups in total. The largest absolute Gasteiger partial charge is 0.394 e. The van der Waals surface area contributed by atoms with Crippen molar-refractivity contribution in [1.82, 2.24) is 0 Å². The fraction of sp³-hybridized carbons (Fsp3) is 0.0625. The van der Waals surface area contributed by atoms with Crippen molar-refractivity contribution in [3.8, 4) is 0 Å². The van der Waals surface area contributed by atoms with Gasteiger partial charge in [0.15, 0.2) is 0 Å². The average Bonchev–Trinajstić information content (AvgIpc) is 2.86. The van der Waals surface area contributed by atoms with E-state index >= 15 is 0 Å². The molecule has 0 aliphatic rings. The lowest BCUT2D eigenvalue weighted by atomic mass is 10.0. The van der Waals surface area contributed by atoms with Gasteiger partial charge in [0.05, 0.1) is 0 Å². The highest BCUT2D eigenvalue weighted by atomic mass is 16.6. The second-order valence-corrected chi connectivity index (χ2v) is 8.18. The van der Waals surface area contributed by atoms with E-state index in [-0.39, 0.29) is 0 Å². The van der Waals surface area contributed by atoms with Gasteiger partial charge in [-0.05, 0) is 67.4 Å². The summed E-state index contributed by atoms with van der Waals surface area (Å²) in [4.78, 5) is 19.6. The summed E-state index contributed by atoms with van der Waals surface area (Å²) in [7, 11) is 0. The standard InChI is InChI=1S/2C14H10.C4H6O3/c2*1-2-6-12-10-14-8-4-3-7-13(14)9-11(12)5-1;1-3(5)7-4(2)6/h2*1-10H;1-2H3. The molecule has 0 saturated heterocycles.